The van der Waals surface area contributed by atoms with Gasteiger partial charge in [0.1, 0.15) is 0 Å². The van der Waals surface area contributed by atoms with E-state index in [0.29, 0.717) is 11.3 Å². The standard InChI is InChI=1S/C29H32P2/c1-18-17-19(2)31-27(25-15-11-8-12-16-25)21(4)23(6)29(31)28-22(5)20(3)26(30(18)28)24-13-9-7-10-14-24/h7-16,18-19H,17H2,1-6H3/t18-,19-,30?,31?/m0/s1. The van der Waals surface area contributed by atoms with Gasteiger partial charge in [-0.05, 0) is 78.8 Å². The van der Waals surface area contributed by atoms with Crippen LogP contribution in [0.3, 0.4) is 0 Å². The molecular weight excluding hydrogens is 410 g/mol. The maximum atomic E-state index is 2.53. The van der Waals surface area contributed by atoms with Crippen LogP contribution in [0.15, 0.2) is 60.7 Å². The van der Waals surface area contributed by atoms with Crippen LogP contribution < -0.4 is 0 Å². The fourth-order valence-electron chi connectivity index (χ4n) is 5.73. The minimum atomic E-state index is -0.327. The van der Waals surface area contributed by atoms with Gasteiger partial charge in [0.05, 0.1) is 0 Å². The predicted octanol–water partition coefficient (Wildman–Crippen LogP) is 10.4. The van der Waals surface area contributed by atoms with Crippen LogP contribution in [0.2, 0.25) is 0 Å². The lowest BCUT2D eigenvalue weighted by atomic mass is 10.0. The molecule has 2 unspecified atom stereocenters. The number of hydrogen-bond donors (Lipinski definition) is 0. The smallest absolute Gasteiger partial charge is 0.00949 e. The van der Waals surface area contributed by atoms with E-state index in [4.69, 9.17) is 0 Å². The van der Waals surface area contributed by atoms with Crippen LogP contribution in [-0.2, 0) is 0 Å². The molecule has 3 heterocycles. The summed E-state index contributed by atoms with van der Waals surface area (Å²) in [5.74, 6) is 0. The number of rotatable bonds is 2. The summed E-state index contributed by atoms with van der Waals surface area (Å²) in [5, 5.41) is 6.76. The average molecular weight is 443 g/mol. The monoisotopic (exact) mass is 442 g/mol. The van der Waals surface area contributed by atoms with Gasteiger partial charge in [-0.3, -0.25) is 0 Å². The molecular formula is C29H32P2. The molecule has 2 aromatic heterocycles. The normalized spacial score (nSPS) is 19.0. The van der Waals surface area contributed by atoms with Gasteiger partial charge in [0.15, 0.2) is 0 Å². The molecule has 2 heteroatoms. The Labute approximate surface area is 189 Å². The van der Waals surface area contributed by atoms with Crippen molar-refractivity contribution in [2.75, 3.05) is 0 Å². The first-order valence-electron chi connectivity index (χ1n) is 11.5. The Hall–Kier alpha value is -2.00. The summed E-state index contributed by atoms with van der Waals surface area (Å²) in [5.41, 5.74) is 10.5. The van der Waals surface area contributed by atoms with Crippen molar-refractivity contribution in [2.24, 2.45) is 0 Å². The summed E-state index contributed by atoms with van der Waals surface area (Å²) >= 11 is 0. The van der Waals surface area contributed by atoms with Crippen molar-refractivity contribution in [1.82, 2.24) is 0 Å². The van der Waals surface area contributed by atoms with Crippen molar-refractivity contribution in [1.29, 1.82) is 0 Å². The third kappa shape index (κ3) is 3.11. The molecule has 0 amide bonds. The highest BCUT2D eigenvalue weighted by molar-refractivity contribution is 7.62. The van der Waals surface area contributed by atoms with E-state index in [9.17, 15) is 0 Å². The first-order chi connectivity index (χ1) is 14.9. The molecule has 0 spiro atoms. The van der Waals surface area contributed by atoms with Crippen LogP contribution in [0.1, 0.15) is 53.8 Å². The Morgan fingerprint density at radius 1 is 0.516 bits per heavy atom. The average Bonchev–Trinajstić information content (AvgIpc) is 3.15. The molecule has 158 valence electrons. The van der Waals surface area contributed by atoms with Gasteiger partial charge >= 0.3 is 0 Å². The molecule has 0 N–H and O–H groups in total. The Balaban J connectivity index is 1.89. The molecule has 31 heavy (non-hydrogen) atoms. The van der Waals surface area contributed by atoms with Crippen LogP contribution in [0.5, 0.6) is 0 Å². The molecule has 0 bridgehead atoms. The first-order valence-corrected chi connectivity index (χ1v) is 14.3. The first kappa shape index (κ1) is 20.9. The van der Waals surface area contributed by atoms with Gasteiger partial charge in [0.25, 0.3) is 0 Å². The maximum absolute atomic E-state index is 2.53. The van der Waals surface area contributed by atoms with Crippen LogP contribution >= 0.6 is 15.1 Å². The summed E-state index contributed by atoms with van der Waals surface area (Å²) in [7, 11) is -0.654. The number of fused-ring (bicyclic) bond motifs is 3. The highest BCUT2D eigenvalue weighted by Crippen LogP contribution is 2.73. The number of hydrogen-bond acceptors (Lipinski definition) is 0. The Morgan fingerprint density at radius 3 is 1.19 bits per heavy atom. The van der Waals surface area contributed by atoms with Crippen molar-refractivity contribution in [3.63, 3.8) is 0 Å². The van der Waals surface area contributed by atoms with E-state index in [2.05, 4.69) is 102 Å². The zero-order chi connectivity index (χ0) is 21.9. The van der Waals surface area contributed by atoms with E-state index in [1.807, 2.05) is 0 Å². The van der Waals surface area contributed by atoms with Crippen molar-refractivity contribution in [2.45, 2.75) is 59.3 Å². The lowest BCUT2D eigenvalue weighted by molar-refractivity contribution is 0.724. The van der Waals surface area contributed by atoms with E-state index in [0.717, 1.165) is 0 Å². The highest BCUT2D eigenvalue weighted by Gasteiger charge is 2.34. The molecule has 4 aromatic rings. The van der Waals surface area contributed by atoms with Gasteiger partial charge in [0.2, 0.25) is 0 Å². The van der Waals surface area contributed by atoms with Gasteiger partial charge in [0, 0.05) is 21.2 Å². The minimum absolute atomic E-state index is 0.327. The largest absolute Gasteiger partial charge is 0.105 e. The Bertz CT molecular complexity index is 1160. The summed E-state index contributed by atoms with van der Waals surface area (Å²) in [6, 6.07) is 22.4. The molecule has 0 radical (unpaired) electrons. The zero-order valence-electron chi connectivity index (χ0n) is 19.5. The van der Waals surface area contributed by atoms with Crippen molar-refractivity contribution < 1.29 is 0 Å². The van der Waals surface area contributed by atoms with Gasteiger partial charge in [-0.25, -0.2) is 0 Å². The maximum Gasteiger partial charge on any atom is 0.00949 e. The third-order valence-electron chi connectivity index (χ3n) is 7.39. The molecule has 5 rings (SSSR count). The van der Waals surface area contributed by atoms with Crippen molar-refractivity contribution in [3.05, 3.63) is 82.9 Å². The van der Waals surface area contributed by atoms with E-state index in [1.54, 1.807) is 32.3 Å². The second-order valence-electron chi connectivity index (χ2n) is 9.30. The van der Waals surface area contributed by atoms with Crippen LogP contribution in [0, 0.1) is 27.7 Å². The lowest BCUT2D eigenvalue weighted by Gasteiger charge is -2.19. The summed E-state index contributed by atoms with van der Waals surface area (Å²) < 4.78 is 0. The molecule has 0 saturated heterocycles. The van der Waals surface area contributed by atoms with Gasteiger partial charge in [-0.2, -0.15) is 0 Å². The van der Waals surface area contributed by atoms with Crippen LogP contribution in [0.25, 0.3) is 32.3 Å². The zero-order valence-corrected chi connectivity index (χ0v) is 21.3. The third-order valence-corrected chi connectivity index (χ3v) is 14.0. The molecule has 4 atom stereocenters. The molecule has 0 saturated carbocycles. The fourth-order valence-corrected chi connectivity index (χ4v) is 13.6. The predicted molar refractivity (Wildman–Crippen MR) is 141 cm³/mol. The summed E-state index contributed by atoms with van der Waals surface area (Å²) in [6.45, 7) is 14.6. The summed E-state index contributed by atoms with van der Waals surface area (Å²) in [6.07, 6.45) is 1.32. The van der Waals surface area contributed by atoms with Crippen LogP contribution in [-0.4, -0.2) is 0 Å². The molecule has 1 aliphatic heterocycles. The highest BCUT2D eigenvalue weighted by atomic mass is 31.1. The topological polar surface area (TPSA) is 0 Å². The number of benzene rings is 2. The molecule has 1 aliphatic rings. The van der Waals surface area contributed by atoms with E-state index in [1.165, 1.54) is 28.7 Å². The van der Waals surface area contributed by atoms with Crippen molar-refractivity contribution in [3.8, 4) is 32.3 Å². The van der Waals surface area contributed by atoms with E-state index in [-0.39, 0.29) is 15.1 Å². The Morgan fingerprint density at radius 2 is 0.839 bits per heavy atom. The van der Waals surface area contributed by atoms with Crippen LogP contribution in [0.4, 0.5) is 0 Å². The molecule has 0 aliphatic carbocycles. The second kappa shape index (κ2) is 7.85. The van der Waals surface area contributed by atoms with Crippen molar-refractivity contribution >= 4 is 15.1 Å². The quantitative estimate of drug-likeness (QED) is 0.290. The summed E-state index contributed by atoms with van der Waals surface area (Å²) in [4.78, 5) is 0. The van der Waals surface area contributed by atoms with Gasteiger partial charge in [-0.1, -0.05) is 74.5 Å². The Kier molecular flexibility index (Phi) is 5.29. The molecule has 0 fully saturated rings. The van der Waals surface area contributed by atoms with E-state index >= 15 is 0 Å². The molecule has 2 aromatic carbocycles. The van der Waals surface area contributed by atoms with E-state index < -0.39 is 0 Å². The van der Waals surface area contributed by atoms with Gasteiger partial charge in [-0.15, -0.1) is 15.1 Å². The molecule has 0 nitrogen and oxygen atoms in total. The fraction of sp³-hybridized carbons (Fsp3) is 0.310. The van der Waals surface area contributed by atoms with Gasteiger partial charge < -0.3 is 0 Å². The lowest BCUT2D eigenvalue weighted by Crippen LogP contribution is -1.90. The SMILES string of the molecule is Cc1c(C)c2p(c1-c1ccccc1)[C@@H](C)C[C@H](C)p1c(-c3ccccc3)c(C)c(C)c1-2. The second-order valence-corrected chi connectivity index (χ2v) is 14.3. The minimum Gasteiger partial charge on any atom is -0.105 e.